The molecule has 0 saturated carbocycles. The van der Waals surface area contributed by atoms with Crippen molar-refractivity contribution in [3.8, 4) is 0 Å². The van der Waals surface area contributed by atoms with E-state index in [-0.39, 0.29) is 10.8 Å². The third kappa shape index (κ3) is 7.58. The predicted molar refractivity (Wildman–Crippen MR) is 117 cm³/mol. The second-order valence-corrected chi connectivity index (χ2v) is 9.33. The van der Waals surface area contributed by atoms with Gasteiger partial charge in [-0.2, -0.15) is 0 Å². The van der Waals surface area contributed by atoms with Gasteiger partial charge in [-0.05, 0) is 52.0 Å². The number of carboxylic acid groups (broad SMARTS) is 1. The highest BCUT2D eigenvalue weighted by atomic mass is 16.4. The summed E-state index contributed by atoms with van der Waals surface area (Å²) in [5.74, 6) is -0.914. The zero-order valence-corrected chi connectivity index (χ0v) is 18.3. The van der Waals surface area contributed by atoms with Crippen LogP contribution in [0.1, 0.15) is 84.9 Å². The second kappa shape index (κ2) is 9.21. The van der Waals surface area contributed by atoms with Gasteiger partial charge < -0.3 is 5.11 Å². The van der Waals surface area contributed by atoms with Crippen LogP contribution in [0, 0.1) is 0 Å². The highest BCUT2D eigenvalue weighted by Gasteiger charge is 2.21. The fourth-order valence-corrected chi connectivity index (χ4v) is 2.83. The lowest BCUT2D eigenvalue weighted by Gasteiger charge is -2.26. The number of allylic oxidation sites excluding steroid dienone is 5. The highest BCUT2D eigenvalue weighted by Crippen LogP contribution is 2.33. The summed E-state index contributed by atoms with van der Waals surface area (Å²) in [6, 6.07) is 6.96. The number of hydrogen-bond acceptors (Lipinski definition) is 1. The molecule has 0 aromatic heterocycles. The van der Waals surface area contributed by atoms with Crippen molar-refractivity contribution in [2.75, 3.05) is 0 Å². The van der Waals surface area contributed by atoms with Crippen molar-refractivity contribution in [3.05, 3.63) is 64.8 Å². The number of aliphatic carboxylic acids is 1. The van der Waals surface area contributed by atoms with Crippen molar-refractivity contribution < 1.29 is 9.90 Å². The van der Waals surface area contributed by atoms with Crippen LogP contribution >= 0.6 is 0 Å². The van der Waals surface area contributed by atoms with Crippen molar-refractivity contribution in [1.82, 2.24) is 0 Å². The molecular weight excluding hydrogens is 332 g/mol. The van der Waals surface area contributed by atoms with Gasteiger partial charge in [-0.25, -0.2) is 4.79 Å². The van der Waals surface area contributed by atoms with E-state index in [2.05, 4.69) is 72.7 Å². The molecule has 1 rings (SSSR count). The van der Waals surface area contributed by atoms with Crippen LogP contribution in [-0.2, 0) is 15.6 Å². The van der Waals surface area contributed by atoms with E-state index >= 15 is 0 Å². The molecule has 0 heterocycles. The maximum absolute atomic E-state index is 10.8. The molecule has 0 fully saturated rings. The Bertz CT molecular complexity index is 715. The molecule has 1 N–H and O–H groups in total. The van der Waals surface area contributed by atoms with Crippen molar-refractivity contribution in [2.45, 2.75) is 79.1 Å². The Morgan fingerprint density at radius 2 is 1.52 bits per heavy atom. The summed E-state index contributed by atoms with van der Waals surface area (Å²) in [6.07, 6.45) is 9.21. The predicted octanol–water partition coefficient (Wildman–Crippen LogP) is 7.05. The third-order valence-corrected chi connectivity index (χ3v) is 4.56. The van der Waals surface area contributed by atoms with Gasteiger partial charge in [0.25, 0.3) is 0 Å². The number of hydrogen-bond donors (Lipinski definition) is 1. The highest BCUT2D eigenvalue weighted by molar-refractivity contribution is 5.81. The van der Waals surface area contributed by atoms with Gasteiger partial charge in [0, 0.05) is 6.08 Å². The minimum atomic E-state index is -0.914. The standard InChI is InChI=1S/C25H36O2/c1-9-11-19(13-10-12-18(2)14-23(26)27)20-15-21(24(3,4)5)17-22(16-20)25(6,7)8/h10,12-17H,9,11H2,1-8H3,(H,26,27)/b12-10?,18-14?,19-13+. The quantitative estimate of drug-likeness (QED) is 0.431. The van der Waals surface area contributed by atoms with E-state index < -0.39 is 5.97 Å². The second-order valence-electron chi connectivity index (χ2n) is 9.33. The SMILES string of the molecule is CCC/C(=C\C=CC(C)=CC(=O)O)c1cc(C(C)(C)C)cc(C(C)(C)C)c1. The number of carboxylic acids is 1. The first-order valence-corrected chi connectivity index (χ1v) is 9.79. The largest absolute Gasteiger partial charge is 0.478 e. The molecular formula is C25H36O2. The molecule has 0 radical (unpaired) electrons. The van der Waals surface area contributed by atoms with E-state index in [9.17, 15) is 4.79 Å². The summed E-state index contributed by atoms with van der Waals surface area (Å²) in [6.45, 7) is 17.5. The lowest BCUT2D eigenvalue weighted by molar-refractivity contribution is -0.131. The van der Waals surface area contributed by atoms with Gasteiger partial charge >= 0.3 is 5.97 Å². The minimum absolute atomic E-state index is 0.0873. The maximum atomic E-state index is 10.8. The molecule has 0 bridgehead atoms. The molecule has 0 saturated heterocycles. The van der Waals surface area contributed by atoms with Crippen molar-refractivity contribution in [3.63, 3.8) is 0 Å². The molecule has 0 aliphatic rings. The fraction of sp³-hybridized carbons (Fsp3) is 0.480. The van der Waals surface area contributed by atoms with E-state index in [4.69, 9.17) is 5.11 Å². The zero-order valence-electron chi connectivity index (χ0n) is 18.3. The normalized spacial score (nSPS) is 14.1. The first kappa shape index (κ1) is 23.0. The van der Waals surface area contributed by atoms with E-state index in [1.54, 1.807) is 6.92 Å². The minimum Gasteiger partial charge on any atom is -0.478 e. The number of benzene rings is 1. The molecule has 1 aromatic carbocycles. The lowest BCUT2D eigenvalue weighted by atomic mass is 9.78. The number of rotatable bonds is 6. The average molecular weight is 369 g/mol. The van der Waals surface area contributed by atoms with Gasteiger partial charge in [0.05, 0.1) is 0 Å². The van der Waals surface area contributed by atoms with E-state index in [1.165, 1.54) is 28.3 Å². The summed E-state index contributed by atoms with van der Waals surface area (Å²) < 4.78 is 0. The summed E-state index contributed by atoms with van der Waals surface area (Å²) in [5.41, 5.74) is 6.14. The maximum Gasteiger partial charge on any atom is 0.328 e. The molecule has 1 aromatic rings. The van der Waals surface area contributed by atoms with Crippen molar-refractivity contribution in [2.24, 2.45) is 0 Å². The third-order valence-electron chi connectivity index (χ3n) is 4.56. The summed E-state index contributed by atoms with van der Waals surface area (Å²) in [7, 11) is 0. The van der Waals surface area contributed by atoms with Crippen LogP contribution in [0.5, 0.6) is 0 Å². The first-order chi connectivity index (χ1) is 12.3. The summed E-state index contributed by atoms with van der Waals surface area (Å²) >= 11 is 0. The monoisotopic (exact) mass is 368 g/mol. The Morgan fingerprint density at radius 1 is 1.00 bits per heavy atom. The molecule has 2 heteroatoms. The molecule has 0 atom stereocenters. The molecule has 0 aliphatic heterocycles. The Labute approximate surface area is 165 Å². The molecule has 148 valence electrons. The molecule has 0 spiro atoms. The zero-order chi connectivity index (χ0) is 20.8. The lowest BCUT2D eigenvalue weighted by Crippen LogP contribution is -2.17. The van der Waals surface area contributed by atoms with Crippen LogP contribution in [0.3, 0.4) is 0 Å². The van der Waals surface area contributed by atoms with Crippen LogP contribution in [0.2, 0.25) is 0 Å². The van der Waals surface area contributed by atoms with Crippen LogP contribution < -0.4 is 0 Å². The van der Waals surface area contributed by atoms with Crippen LogP contribution in [-0.4, -0.2) is 11.1 Å². The molecule has 27 heavy (non-hydrogen) atoms. The average Bonchev–Trinajstić information content (AvgIpc) is 2.51. The Morgan fingerprint density at radius 3 is 1.93 bits per heavy atom. The van der Waals surface area contributed by atoms with Crippen LogP contribution in [0.4, 0.5) is 0 Å². The molecule has 2 nitrogen and oxygen atoms in total. The van der Waals surface area contributed by atoms with Gasteiger partial charge in [-0.15, -0.1) is 0 Å². The fourth-order valence-electron chi connectivity index (χ4n) is 2.83. The van der Waals surface area contributed by atoms with Crippen LogP contribution in [0.25, 0.3) is 5.57 Å². The summed E-state index contributed by atoms with van der Waals surface area (Å²) in [5, 5.41) is 8.84. The Balaban J connectivity index is 3.44. The molecule has 0 amide bonds. The van der Waals surface area contributed by atoms with Gasteiger partial charge in [0.1, 0.15) is 0 Å². The van der Waals surface area contributed by atoms with E-state index in [1.807, 2.05) is 12.2 Å². The van der Waals surface area contributed by atoms with E-state index in [0.29, 0.717) is 0 Å². The van der Waals surface area contributed by atoms with Crippen molar-refractivity contribution >= 4 is 11.5 Å². The molecule has 0 unspecified atom stereocenters. The van der Waals surface area contributed by atoms with Crippen LogP contribution in [0.15, 0.2) is 48.1 Å². The first-order valence-electron chi connectivity index (χ1n) is 9.79. The molecule has 0 aliphatic carbocycles. The van der Waals surface area contributed by atoms with Gasteiger partial charge in [-0.1, -0.05) is 91.3 Å². The Hall–Kier alpha value is -2.09. The topological polar surface area (TPSA) is 37.3 Å². The van der Waals surface area contributed by atoms with Gasteiger partial charge in [0.15, 0.2) is 0 Å². The Kier molecular flexibility index (Phi) is 7.83. The van der Waals surface area contributed by atoms with Gasteiger partial charge in [-0.3, -0.25) is 0 Å². The smallest absolute Gasteiger partial charge is 0.328 e. The van der Waals surface area contributed by atoms with Gasteiger partial charge in [0.2, 0.25) is 0 Å². The van der Waals surface area contributed by atoms with Crippen molar-refractivity contribution in [1.29, 1.82) is 0 Å². The summed E-state index contributed by atoms with van der Waals surface area (Å²) in [4.78, 5) is 10.8. The van der Waals surface area contributed by atoms with E-state index in [0.717, 1.165) is 18.4 Å². The number of carbonyl (C=O) groups is 1.